The molecule has 0 unspecified atom stereocenters. The van der Waals surface area contributed by atoms with Gasteiger partial charge in [0.15, 0.2) is 0 Å². The quantitative estimate of drug-likeness (QED) is 0.836. The minimum atomic E-state index is -0.0730. The zero-order valence-electron chi connectivity index (χ0n) is 8.43. The van der Waals surface area contributed by atoms with Gasteiger partial charge in [0.05, 0.1) is 0 Å². The highest BCUT2D eigenvalue weighted by molar-refractivity contribution is 6.36. The SMILES string of the molecule is CC(C)C[C@H](N)c1c(Cl)cccc1Cl. The molecule has 0 fully saturated rings. The van der Waals surface area contributed by atoms with Gasteiger partial charge in [0.1, 0.15) is 0 Å². The second kappa shape index (κ2) is 5.01. The number of benzene rings is 1. The normalized spacial score (nSPS) is 13.3. The third-order valence-electron chi connectivity index (χ3n) is 2.10. The average molecular weight is 232 g/mol. The van der Waals surface area contributed by atoms with Crippen molar-refractivity contribution in [2.45, 2.75) is 26.3 Å². The van der Waals surface area contributed by atoms with E-state index >= 15 is 0 Å². The van der Waals surface area contributed by atoms with Gasteiger partial charge in [0, 0.05) is 21.7 Å². The number of halogens is 2. The fourth-order valence-electron chi connectivity index (χ4n) is 1.49. The molecular weight excluding hydrogens is 217 g/mol. The summed E-state index contributed by atoms with van der Waals surface area (Å²) in [5.74, 6) is 0.539. The summed E-state index contributed by atoms with van der Waals surface area (Å²) in [6.45, 7) is 4.26. The first-order valence-electron chi connectivity index (χ1n) is 4.72. The van der Waals surface area contributed by atoms with Crippen LogP contribution in [0.25, 0.3) is 0 Å². The molecule has 2 N–H and O–H groups in total. The van der Waals surface area contributed by atoms with Crippen LogP contribution in [-0.4, -0.2) is 0 Å². The van der Waals surface area contributed by atoms with Crippen molar-refractivity contribution in [3.05, 3.63) is 33.8 Å². The van der Waals surface area contributed by atoms with Gasteiger partial charge >= 0.3 is 0 Å². The summed E-state index contributed by atoms with van der Waals surface area (Å²) in [4.78, 5) is 0. The van der Waals surface area contributed by atoms with Crippen molar-refractivity contribution in [2.24, 2.45) is 11.7 Å². The highest BCUT2D eigenvalue weighted by Gasteiger charge is 2.14. The average Bonchev–Trinajstić information content (AvgIpc) is 2.01. The highest BCUT2D eigenvalue weighted by atomic mass is 35.5. The molecule has 1 aromatic rings. The lowest BCUT2D eigenvalue weighted by Crippen LogP contribution is -2.13. The first-order valence-corrected chi connectivity index (χ1v) is 5.47. The van der Waals surface area contributed by atoms with Gasteiger partial charge in [-0.1, -0.05) is 43.1 Å². The largest absolute Gasteiger partial charge is 0.324 e. The molecular formula is C11H15Cl2N. The van der Waals surface area contributed by atoms with Gasteiger partial charge in [0.2, 0.25) is 0 Å². The van der Waals surface area contributed by atoms with Crippen LogP contribution < -0.4 is 5.73 Å². The predicted molar refractivity (Wildman–Crippen MR) is 62.8 cm³/mol. The molecule has 1 nitrogen and oxygen atoms in total. The van der Waals surface area contributed by atoms with Crippen molar-refractivity contribution in [2.75, 3.05) is 0 Å². The van der Waals surface area contributed by atoms with Crippen molar-refractivity contribution in [1.82, 2.24) is 0 Å². The van der Waals surface area contributed by atoms with Gasteiger partial charge in [0.25, 0.3) is 0 Å². The zero-order valence-corrected chi connectivity index (χ0v) is 9.94. The van der Waals surface area contributed by atoms with E-state index in [1.165, 1.54) is 0 Å². The molecule has 0 radical (unpaired) electrons. The Morgan fingerprint density at radius 1 is 1.21 bits per heavy atom. The van der Waals surface area contributed by atoms with Crippen LogP contribution in [0.15, 0.2) is 18.2 Å². The molecule has 0 heterocycles. The first-order chi connectivity index (χ1) is 6.52. The van der Waals surface area contributed by atoms with Gasteiger partial charge in [-0.15, -0.1) is 0 Å². The maximum absolute atomic E-state index is 6.04. The summed E-state index contributed by atoms with van der Waals surface area (Å²) in [7, 11) is 0. The van der Waals surface area contributed by atoms with Gasteiger partial charge in [-0.2, -0.15) is 0 Å². The molecule has 1 aromatic carbocycles. The molecule has 0 aliphatic carbocycles. The monoisotopic (exact) mass is 231 g/mol. The molecule has 0 spiro atoms. The lowest BCUT2D eigenvalue weighted by molar-refractivity contribution is 0.510. The zero-order chi connectivity index (χ0) is 10.7. The Balaban J connectivity index is 2.94. The standard InChI is InChI=1S/C11H15Cl2N/c1-7(2)6-10(14)11-8(12)4-3-5-9(11)13/h3-5,7,10H,6,14H2,1-2H3/t10-/m0/s1. The van der Waals surface area contributed by atoms with Crippen LogP contribution in [-0.2, 0) is 0 Å². The van der Waals surface area contributed by atoms with Gasteiger partial charge in [-0.25, -0.2) is 0 Å². The van der Waals surface area contributed by atoms with Crippen molar-refractivity contribution in [3.8, 4) is 0 Å². The van der Waals surface area contributed by atoms with Crippen LogP contribution >= 0.6 is 23.2 Å². The van der Waals surface area contributed by atoms with Crippen LogP contribution in [0.3, 0.4) is 0 Å². The van der Waals surface area contributed by atoms with E-state index in [1.807, 2.05) is 18.2 Å². The summed E-state index contributed by atoms with van der Waals surface area (Å²) in [5, 5.41) is 1.32. The van der Waals surface area contributed by atoms with E-state index < -0.39 is 0 Å². The van der Waals surface area contributed by atoms with Crippen molar-refractivity contribution < 1.29 is 0 Å². The van der Waals surface area contributed by atoms with Crippen LogP contribution in [0.1, 0.15) is 31.9 Å². The molecule has 3 heteroatoms. The molecule has 0 aliphatic rings. The van der Waals surface area contributed by atoms with E-state index in [0.29, 0.717) is 16.0 Å². The van der Waals surface area contributed by atoms with Crippen LogP contribution in [0.4, 0.5) is 0 Å². The Hall–Kier alpha value is -0.240. The summed E-state index contributed by atoms with van der Waals surface area (Å²) in [6, 6.07) is 5.40. The second-order valence-electron chi connectivity index (χ2n) is 3.87. The fourth-order valence-corrected chi connectivity index (χ4v) is 2.17. The van der Waals surface area contributed by atoms with Crippen molar-refractivity contribution >= 4 is 23.2 Å². The summed E-state index contributed by atoms with van der Waals surface area (Å²) >= 11 is 12.1. The highest BCUT2D eigenvalue weighted by Crippen LogP contribution is 2.31. The van der Waals surface area contributed by atoms with E-state index in [0.717, 1.165) is 12.0 Å². The maximum atomic E-state index is 6.04. The van der Waals surface area contributed by atoms with E-state index in [2.05, 4.69) is 13.8 Å². The molecule has 0 amide bonds. The summed E-state index contributed by atoms with van der Waals surface area (Å²) in [6.07, 6.45) is 0.892. The molecule has 78 valence electrons. The third-order valence-corrected chi connectivity index (χ3v) is 2.76. The van der Waals surface area contributed by atoms with Crippen molar-refractivity contribution in [1.29, 1.82) is 0 Å². The third kappa shape index (κ3) is 2.88. The Morgan fingerprint density at radius 2 is 1.71 bits per heavy atom. The molecule has 14 heavy (non-hydrogen) atoms. The number of rotatable bonds is 3. The van der Waals surface area contributed by atoms with E-state index in [9.17, 15) is 0 Å². The Kier molecular flexibility index (Phi) is 4.24. The first kappa shape index (κ1) is 11.8. The van der Waals surface area contributed by atoms with Gasteiger partial charge in [-0.3, -0.25) is 0 Å². The Labute approximate surface area is 95.2 Å². The van der Waals surface area contributed by atoms with Gasteiger partial charge < -0.3 is 5.73 Å². The predicted octanol–water partition coefficient (Wildman–Crippen LogP) is 4.04. The maximum Gasteiger partial charge on any atom is 0.0468 e. The van der Waals surface area contributed by atoms with Crippen LogP contribution in [0.2, 0.25) is 10.0 Å². The number of nitrogens with two attached hydrogens (primary N) is 1. The molecule has 0 saturated heterocycles. The molecule has 0 aliphatic heterocycles. The Bertz CT molecular complexity index is 290. The van der Waals surface area contributed by atoms with Crippen LogP contribution in [0.5, 0.6) is 0 Å². The number of hydrogen-bond donors (Lipinski definition) is 1. The van der Waals surface area contributed by atoms with Crippen LogP contribution in [0, 0.1) is 5.92 Å². The molecule has 0 bridgehead atoms. The minimum absolute atomic E-state index is 0.0730. The van der Waals surface area contributed by atoms with Gasteiger partial charge in [-0.05, 0) is 24.5 Å². The molecule has 1 rings (SSSR count). The molecule has 0 saturated carbocycles. The van der Waals surface area contributed by atoms with E-state index in [4.69, 9.17) is 28.9 Å². The minimum Gasteiger partial charge on any atom is -0.324 e. The van der Waals surface area contributed by atoms with E-state index in [-0.39, 0.29) is 6.04 Å². The number of hydrogen-bond acceptors (Lipinski definition) is 1. The lowest BCUT2D eigenvalue weighted by Gasteiger charge is -2.17. The lowest BCUT2D eigenvalue weighted by atomic mass is 9.98. The Morgan fingerprint density at radius 3 is 2.14 bits per heavy atom. The fraction of sp³-hybridized carbons (Fsp3) is 0.455. The molecule has 1 atom stereocenters. The van der Waals surface area contributed by atoms with E-state index in [1.54, 1.807) is 0 Å². The summed E-state index contributed by atoms with van der Waals surface area (Å²) < 4.78 is 0. The smallest absolute Gasteiger partial charge is 0.0468 e. The summed E-state index contributed by atoms with van der Waals surface area (Å²) in [5.41, 5.74) is 6.89. The second-order valence-corrected chi connectivity index (χ2v) is 4.69. The topological polar surface area (TPSA) is 26.0 Å². The van der Waals surface area contributed by atoms with Crippen molar-refractivity contribution in [3.63, 3.8) is 0 Å². The molecule has 0 aromatic heterocycles.